The molecule has 2 heteroatoms. The molecule has 0 unspecified atom stereocenters. The molecule has 0 atom stereocenters. The number of nitrogens with one attached hydrogen (secondary N) is 1. The summed E-state index contributed by atoms with van der Waals surface area (Å²) in [5.41, 5.74) is 5.94. The Balaban J connectivity index is 0.000000531. The smallest absolute Gasteiger partial charge is 0.0675 e. The maximum atomic E-state index is 4.42. The molecular weight excluding hydrogens is 184 g/mol. The number of rotatable bonds is 0. The zero-order chi connectivity index (χ0) is 11.6. The van der Waals surface area contributed by atoms with Crippen LogP contribution in [-0.2, 0) is 0 Å². The van der Waals surface area contributed by atoms with E-state index >= 15 is 0 Å². The number of H-pyrrole nitrogens is 1. The van der Waals surface area contributed by atoms with E-state index in [1.54, 1.807) is 0 Å². The Bertz CT molecular complexity index is 467. The van der Waals surface area contributed by atoms with Gasteiger partial charge in [0.25, 0.3) is 0 Å². The van der Waals surface area contributed by atoms with Crippen molar-refractivity contribution in [2.75, 3.05) is 0 Å². The van der Waals surface area contributed by atoms with E-state index in [9.17, 15) is 0 Å². The molecule has 82 valence electrons. The topological polar surface area (TPSA) is 28.7 Å². The first kappa shape index (κ1) is 11.8. The Morgan fingerprint density at radius 3 is 2.27 bits per heavy atom. The van der Waals surface area contributed by atoms with Crippen molar-refractivity contribution in [1.29, 1.82) is 0 Å². The minimum Gasteiger partial charge on any atom is -0.357 e. The first-order valence-corrected chi connectivity index (χ1v) is 5.52. The van der Waals surface area contributed by atoms with Crippen molar-refractivity contribution < 1.29 is 0 Å². The molecule has 1 N–H and O–H groups in total. The van der Waals surface area contributed by atoms with Gasteiger partial charge in [0.2, 0.25) is 0 Å². The molecule has 0 saturated heterocycles. The first-order chi connectivity index (χ1) is 7.09. The van der Waals surface area contributed by atoms with Crippen LogP contribution in [0.25, 0.3) is 10.9 Å². The molecule has 0 aliphatic rings. The SMILES string of the molecule is CC.Cc1cc2c(C)c(C)[nH]c2c(C)n1. The van der Waals surface area contributed by atoms with Crippen LogP contribution < -0.4 is 0 Å². The number of hydrogen-bond acceptors (Lipinski definition) is 1. The van der Waals surface area contributed by atoms with Crippen LogP contribution in [0.1, 0.15) is 36.5 Å². The van der Waals surface area contributed by atoms with Crippen LogP contribution in [0.3, 0.4) is 0 Å². The number of pyridine rings is 1. The van der Waals surface area contributed by atoms with E-state index in [4.69, 9.17) is 0 Å². The Kier molecular flexibility index (Phi) is 3.51. The maximum absolute atomic E-state index is 4.42. The lowest BCUT2D eigenvalue weighted by molar-refractivity contribution is 1.14. The van der Waals surface area contributed by atoms with E-state index in [1.165, 1.54) is 22.2 Å². The Morgan fingerprint density at radius 2 is 1.67 bits per heavy atom. The number of aryl methyl sites for hydroxylation is 4. The molecule has 2 heterocycles. The second kappa shape index (κ2) is 4.47. The fraction of sp³-hybridized carbons (Fsp3) is 0.462. The van der Waals surface area contributed by atoms with Crippen molar-refractivity contribution in [3.05, 3.63) is 28.7 Å². The lowest BCUT2D eigenvalue weighted by Gasteiger charge is -1.98. The minimum absolute atomic E-state index is 1.09. The van der Waals surface area contributed by atoms with Crippen molar-refractivity contribution in [2.45, 2.75) is 41.5 Å². The van der Waals surface area contributed by atoms with Gasteiger partial charge in [-0.05, 0) is 39.3 Å². The van der Waals surface area contributed by atoms with Gasteiger partial charge in [-0.15, -0.1) is 0 Å². The normalized spacial score (nSPS) is 10.0. The van der Waals surface area contributed by atoms with Gasteiger partial charge in [0.15, 0.2) is 0 Å². The van der Waals surface area contributed by atoms with E-state index in [0.717, 1.165) is 11.4 Å². The summed E-state index contributed by atoms with van der Waals surface area (Å²) in [5, 5.41) is 1.31. The van der Waals surface area contributed by atoms with Crippen molar-refractivity contribution in [3.8, 4) is 0 Å². The van der Waals surface area contributed by atoms with Gasteiger partial charge in [-0.3, -0.25) is 4.98 Å². The van der Waals surface area contributed by atoms with Gasteiger partial charge in [-0.2, -0.15) is 0 Å². The second-order valence-corrected chi connectivity index (χ2v) is 3.65. The highest BCUT2D eigenvalue weighted by molar-refractivity contribution is 5.86. The lowest BCUT2D eigenvalue weighted by Crippen LogP contribution is -1.86. The maximum Gasteiger partial charge on any atom is 0.0675 e. The van der Waals surface area contributed by atoms with E-state index < -0.39 is 0 Å². The van der Waals surface area contributed by atoms with Crippen molar-refractivity contribution in [2.24, 2.45) is 0 Å². The van der Waals surface area contributed by atoms with Gasteiger partial charge >= 0.3 is 0 Å². The van der Waals surface area contributed by atoms with Crippen molar-refractivity contribution >= 4 is 10.9 Å². The van der Waals surface area contributed by atoms with Crippen LogP contribution in [0.5, 0.6) is 0 Å². The van der Waals surface area contributed by atoms with Gasteiger partial charge in [0.05, 0.1) is 11.2 Å². The molecule has 0 fully saturated rings. The fourth-order valence-electron chi connectivity index (χ4n) is 1.77. The monoisotopic (exact) mass is 204 g/mol. The summed E-state index contributed by atoms with van der Waals surface area (Å²) in [6.07, 6.45) is 0. The summed E-state index contributed by atoms with van der Waals surface area (Å²) >= 11 is 0. The number of aromatic amines is 1. The van der Waals surface area contributed by atoms with Crippen molar-refractivity contribution in [3.63, 3.8) is 0 Å². The van der Waals surface area contributed by atoms with Gasteiger partial charge < -0.3 is 4.98 Å². The average Bonchev–Trinajstić information content (AvgIpc) is 2.49. The molecule has 0 radical (unpaired) electrons. The summed E-state index contributed by atoms with van der Waals surface area (Å²) in [4.78, 5) is 7.78. The number of fused-ring (bicyclic) bond motifs is 1. The third-order valence-electron chi connectivity index (χ3n) is 2.61. The van der Waals surface area contributed by atoms with Crippen LogP contribution in [0, 0.1) is 27.7 Å². The standard InChI is InChI=1S/C11H14N2.C2H6/c1-6-5-10-7(2)8(3)13-11(10)9(4)12-6;1-2/h5,13H,1-4H3;1-2H3. The van der Waals surface area contributed by atoms with Gasteiger partial charge in [-0.25, -0.2) is 0 Å². The van der Waals surface area contributed by atoms with Gasteiger partial charge in [0.1, 0.15) is 0 Å². The van der Waals surface area contributed by atoms with E-state index in [1.807, 2.05) is 27.7 Å². The van der Waals surface area contributed by atoms with Crippen LogP contribution in [0.15, 0.2) is 6.07 Å². The molecule has 2 aromatic rings. The molecule has 0 amide bonds. The quantitative estimate of drug-likeness (QED) is 0.694. The molecule has 0 aromatic carbocycles. The Labute approximate surface area is 91.7 Å². The fourth-order valence-corrected chi connectivity index (χ4v) is 1.77. The molecule has 2 rings (SSSR count). The van der Waals surface area contributed by atoms with E-state index in [2.05, 4.69) is 29.9 Å². The molecule has 0 bridgehead atoms. The minimum atomic E-state index is 1.09. The summed E-state index contributed by atoms with van der Waals surface area (Å²) in [7, 11) is 0. The second-order valence-electron chi connectivity index (χ2n) is 3.65. The van der Waals surface area contributed by atoms with Gasteiger partial charge in [-0.1, -0.05) is 13.8 Å². The first-order valence-electron chi connectivity index (χ1n) is 5.52. The Morgan fingerprint density at radius 1 is 1.07 bits per heavy atom. The molecule has 0 spiro atoms. The number of aromatic nitrogens is 2. The van der Waals surface area contributed by atoms with Crippen LogP contribution in [0.4, 0.5) is 0 Å². The third-order valence-corrected chi connectivity index (χ3v) is 2.61. The molecule has 2 nitrogen and oxygen atoms in total. The zero-order valence-electron chi connectivity index (χ0n) is 10.5. The summed E-state index contributed by atoms with van der Waals surface area (Å²) in [6, 6.07) is 2.14. The van der Waals surface area contributed by atoms with Crippen LogP contribution in [-0.4, -0.2) is 9.97 Å². The average molecular weight is 204 g/mol. The third kappa shape index (κ3) is 2.04. The number of hydrogen-bond donors (Lipinski definition) is 1. The predicted molar refractivity (Wildman–Crippen MR) is 66.4 cm³/mol. The van der Waals surface area contributed by atoms with E-state index in [0.29, 0.717) is 0 Å². The summed E-state index contributed by atoms with van der Waals surface area (Å²) in [6.45, 7) is 12.3. The Hall–Kier alpha value is -1.31. The van der Waals surface area contributed by atoms with E-state index in [-0.39, 0.29) is 0 Å². The summed E-state index contributed by atoms with van der Waals surface area (Å²) in [5.74, 6) is 0. The number of nitrogens with zero attached hydrogens (tertiary/aromatic N) is 1. The summed E-state index contributed by atoms with van der Waals surface area (Å²) < 4.78 is 0. The zero-order valence-corrected chi connectivity index (χ0v) is 10.5. The predicted octanol–water partition coefficient (Wildman–Crippen LogP) is 3.82. The molecule has 0 aliphatic carbocycles. The van der Waals surface area contributed by atoms with Crippen LogP contribution in [0.2, 0.25) is 0 Å². The lowest BCUT2D eigenvalue weighted by atomic mass is 10.1. The van der Waals surface area contributed by atoms with Gasteiger partial charge in [0, 0.05) is 16.8 Å². The molecule has 2 aromatic heterocycles. The molecule has 0 aliphatic heterocycles. The highest BCUT2D eigenvalue weighted by atomic mass is 14.8. The van der Waals surface area contributed by atoms with Crippen molar-refractivity contribution in [1.82, 2.24) is 9.97 Å². The largest absolute Gasteiger partial charge is 0.357 e. The molecular formula is C13H20N2. The molecule has 0 saturated carbocycles. The van der Waals surface area contributed by atoms with Crippen LogP contribution >= 0.6 is 0 Å². The molecule has 15 heavy (non-hydrogen) atoms. The highest BCUT2D eigenvalue weighted by Crippen LogP contribution is 2.23. The highest BCUT2D eigenvalue weighted by Gasteiger charge is 2.07.